The molecular weight excluding hydrogens is 560 g/mol. The summed E-state index contributed by atoms with van der Waals surface area (Å²) in [4.78, 5) is 12.6. The molecule has 0 amide bonds. The smallest absolute Gasteiger partial charge is 0.163 e. The highest BCUT2D eigenvalue weighted by Crippen LogP contribution is 2.35. The second-order valence-corrected chi connectivity index (χ2v) is 12.3. The van der Waals surface area contributed by atoms with Gasteiger partial charge in [0, 0.05) is 19.4 Å². The maximum absolute atomic E-state index is 12.6. The number of methoxy groups -OCH3 is 1. The number of aliphatic hydroxyl groups is 1. The predicted molar refractivity (Wildman–Crippen MR) is 170 cm³/mol. The van der Waals surface area contributed by atoms with Crippen LogP contribution in [0.15, 0.2) is 66.7 Å². The van der Waals surface area contributed by atoms with Gasteiger partial charge in [0.25, 0.3) is 0 Å². The summed E-state index contributed by atoms with van der Waals surface area (Å²) in [6.07, 6.45) is 1.28. The monoisotopic (exact) mass is 612 g/mol. The molecular formula is C36H52O8. The van der Waals surface area contributed by atoms with Gasteiger partial charge in [-0.05, 0) is 75.6 Å². The number of benzene rings is 2. The molecule has 1 aliphatic rings. The molecule has 1 fully saturated rings. The van der Waals surface area contributed by atoms with Crippen LogP contribution in [0, 0.1) is 5.92 Å². The number of ketones is 1. The third-order valence-electron chi connectivity index (χ3n) is 7.76. The topological polar surface area (TPSA) is 92.7 Å². The van der Waals surface area contributed by atoms with E-state index in [1.807, 2.05) is 82.3 Å². The third kappa shape index (κ3) is 12.8. The summed E-state index contributed by atoms with van der Waals surface area (Å²) >= 11 is 0. The maximum Gasteiger partial charge on any atom is 0.163 e. The van der Waals surface area contributed by atoms with Crippen LogP contribution in [0.2, 0.25) is 0 Å². The average molecular weight is 613 g/mol. The van der Waals surface area contributed by atoms with Gasteiger partial charge in [-0.25, -0.2) is 0 Å². The van der Waals surface area contributed by atoms with E-state index >= 15 is 0 Å². The Labute approximate surface area is 263 Å². The van der Waals surface area contributed by atoms with E-state index in [9.17, 15) is 9.90 Å². The summed E-state index contributed by atoms with van der Waals surface area (Å²) in [5, 5.41) is 11.2. The molecule has 0 aliphatic carbocycles. The molecule has 44 heavy (non-hydrogen) atoms. The number of hydrogen-bond acceptors (Lipinski definition) is 8. The molecule has 5 atom stereocenters. The van der Waals surface area contributed by atoms with Crippen molar-refractivity contribution in [1.82, 2.24) is 0 Å². The van der Waals surface area contributed by atoms with Crippen molar-refractivity contribution in [3.63, 3.8) is 0 Å². The molecule has 0 saturated carbocycles. The van der Waals surface area contributed by atoms with E-state index in [1.165, 1.54) is 0 Å². The van der Waals surface area contributed by atoms with Gasteiger partial charge in [-0.1, -0.05) is 55.0 Å². The van der Waals surface area contributed by atoms with Crippen LogP contribution in [0.5, 0.6) is 5.75 Å². The van der Waals surface area contributed by atoms with Crippen LogP contribution >= 0.6 is 0 Å². The largest absolute Gasteiger partial charge is 0.497 e. The summed E-state index contributed by atoms with van der Waals surface area (Å²) in [6, 6.07) is 17.7. The van der Waals surface area contributed by atoms with Gasteiger partial charge >= 0.3 is 0 Å². The molecule has 0 unspecified atom stereocenters. The lowest BCUT2D eigenvalue weighted by atomic mass is 9.89. The van der Waals surface area contributed by atoms with E-state index in [2.05, 4.69) is 6.58 Å². The van der Waals surface area contributed by atoms with Crippen molar-refractivity contribution in [1.29, 1.82) is 0 Å². The van der Waals surface area contributed by atoms with Crippen LogP contribution < -0.4 is 4.74 Å². The van der Waals surface area contributed by atoms with Gasteiger partial charge in [0.2, 0.25) is 0 Å². The highest BCUT2D eigenvalue weighted by molar-refractivity contribution is 5.79. The van der Waals surface area contributed by atoms with Crippen molar-refractivity contribution in [3.8, 4) is 5.75 Å². The number of Topliss-reactive ketones (excluding diaryl/α,β-unsaturated/α-hetero) is 1. The van der Waals surface area contributed by atoms with E-state index in [-0.39, 0.29) is 37.1 Å². The summed E-state index contributed by atoms with van der Waals surface area (Å²) in [5.41, 5.74) is 3.07. The quantitative estimate of drug-likeness (QED) is 0.0938. The Morgan fingerprint density at radius 1 is 0.977 bits per heavy atom. The second-order valence-electron chi connectivity index (χ2n) is 12.3. The van der Waals surface area contributed by atoms with Crippen LogP contribution in [-0.4, -0.2) is 61.6 Å². The van der Waals surface area contributed by atoms with Crippen molar-refractivity contribution in [2.75, 3.05) is 20.5 Å². The van der Waals surface area contributed by atoms with Gasteiger partial charge in [-0.2, -0.15) is 0 Å². The molecule has 0 radical (unpaired) electrons. The first-order chi connectivity index (χ1) is 21.1. The first kappa shape index (κ1) is 35.9. The summed E-state index contributed by atoms with van der Waals surface area (Å²) < 4.78 is 35.6. The van der Waals surface area contributed by atoms with Gasteiger partial charge in [-0.3, -0.25) is 4.79 Å². The number of hydrogen-bond donors (Lipinski definition) is 1. The predicted octanol–water partition coefficient (Wildman–Crippen LogP) is 6.77. The lowest BCUT2D eigenvalue weighted by Crippen LogP contribution is -2.39. The highest BCUT2D eigenvalue weighted by atomic mass is 16.8. The van der Waals surface area contributed by atoms with Crippen molar-refractivity contribution >= 4 is 5.78 Å². The number of rotatable bonds is 21. The van der Waals surface area contributed by atoms with Crippen molar-refractivity contribution < 1.29 is 38.3 Å². The van der Waals surface area contributed by atoms with E-state index in [4.69, 9.17) is 28.4 Å². The fourth-order valence-electron chi connectivity index (χ4n) is 5.47. The molecule has 0 bridgehead atoms. The van der Waals surface area contributed by atoms with Crippen LogP contribution in [0.3, 0.4) is 0 Å². The van der Waals surface area contributed by atoms with Crippen LogP contribution in [0.4, 0.5) is 0 Å². The zero-order valence-electron chi connectivity index (χ0n) is 27.2. The van der Waals surface area contributed by atoms with E-state index < -0.39 is 18.0 Å². The van der Waals surface area contributed by atoms with Crippen LogP contribution in [0.25, 0.3) is 0 Å². The average Bonchev–Trinajstić information content (AvgIpc) is 3.28. The minimum Gasteiger partial charge on any atom is -0.497 e. The lowest BCUT2D eigenvalue weighted by molar-refractivity contribution is -0.161. The number of aliphatic hydroxyl groups excluding tert-OH is 1. The minimum absolute atomic E-state index is 0.00337. The van der Waals surface area contributed by atoms with Gasteiger partial charge < -0.3 is 33.5 Å². The molecule has 1 saturated heterocycles. The fraction of sp³-hybridized carbons (Fsp3) is 0.583. The maximum atomic E-state index is 12.6. The summed E-state index contributed by atoms with van der Waals surface area (Å²) in [6.45, 7) is 13.2. The number of allylic oxidation sites excluding steroid dienone is 1. The number of ether oxygens (including phenoxy) is 6. The lowest BCUT2D eigenvalue weighted by Gasteiger charge is -2.31. The molecule has 0 aromatic heterocycles. The van der Waals surface area contributed by atoms with Crippen LogP contribution in [-0.2, 0) is 41.7 Å². The molecule has 1 aliphatic heterocycles. The Morgan fingerprint density at radius 3 is 2.32 bits per heavy atom. The van der Waals surface area contributed by atoms with Crippen molar-refractivity contribution in [2.24, 2.45) is 5.92 Å². The second kappa shape index (κ2) is 18.4. The Hall–Kier alpha value is -2.59. The van der Waals surface area contributed by atoms with Crippen molar-refractivity contribution in [3.05, 3.63) is 77.9 Å². The molecule has 8 nitrogen and oxygen atoms in total. The van der Waals surface area contributed by atoms with Gasteiger partial charge in [0.15, 0.2) is 5.79 Å². The normalized spacial score (nSPS) is 19.8. The summed E-state index contributed by atoms with van der Waals surface area (Å²) in [5.74, 6) is -0.0360. The van der Waals surface area contributed by atoms with Crippen LogP contribution in [0.1, 0.15) is 77.3 Å². The molecule has 244 valence electrons. The first-order valence-corrected chi connectivity index (χ1v) is 15.7. The molecule has 1 heterocycles. The minimum atomic E-state index is -0.969. The molecule has 1 N–H and O–H groups in total. The van der Waals surface area contributed by atoms with Gasteiger partial charge in [0.1, 0.15) is 18.3 Å². The Kier molecular flexibility index (Phi) is 15.0. The Morgan fingerprint density at radius 2 is 1.64 bits per heavy atom. The highest BCUT2D eigenvalue weighted by Gasteiger charge is 2.42. The molecule has 2 aromatic carbocycles. The number of carbonyl (C=O) groups is 1. The number of carbonyl (C=O) groups excluding carboxylic acids is 1. The molecule has 3 rings (SSSR count). The van der Waals surface area contributed by atoms with Gasteiger partial charge in [-0.15, -0.1) is 6.58 Å². The Balaban J connectivity index is 1.54. The first-order valence-electron chi connectivity index (χ1n) is 15.7. The zero-order chi connectivity index (χ0) is 32.0. The summed E-state index contributed by atoms with van der Waals surface area (Å²) in [7, 11) is 1.65. The fourth-order valence-corrected chi connectivity index (χ4v) is 5.47. The van der Waals surface area contributed by atoms with E-state index in [0.29, 0.717) is 39.1 Å². The SMILES string of the molecule is C=C(C)CCC(=O)C[C@H](O)[C@H](OCOCc1ccccc1)[C@@H](C)C[C@@H]1OC(C)(C)O[C@H]1CCCOCc1ccc(OC)cc1. The molecule has 8 heteroatoms. The Bertz CT molecular complexity index is 1120. The zero-order valence-corrected chi connectivity index (χ0v) is 27.2. The standard InChI is InChI=1S/C36H52O8/c1-26(2)14-17-30(37)22-32(38)35(42-25-41-24-28-11-8-7-9-12-28)27(3)21-34-33(43-36(4,5)44-34)13-10-20-40-23-29-15-18-31(39-6)19-16-29/h7-9,11-12,15-16,18-19,27,32-35,38H,1,10,13-14,17,20-25H2,2-6H3/t27-,32-,33-,34-,35+/m0/s1. The third-order valence-corrected chi connectivity index (χ3v) is 7.76. The van der Waals surface area contributed by atoms with E-state index in [0.717, 1.165) is 35.3 Å². The van der Waals surface area contributed by atoms with Crippen molar-refractivity contribution in [2.45, 2.75) is 110 Å². The molecule has 0 spiro atoms. The molecule has 2 aromatic rings. The van der Waals surface area contributed by atoms with E-state index in [1.54, 1.807) is 7.11 Å². The van der Waals surface area contributed by atoms with Gasteiger partial charge in [0.05, 0.1) is 44.7 Å².